The van der Waals surface area contributed by atoms with Crippen molar-refractivity contribution in [1.29, 1.82) is 0 Å². The molecular formula is C36H26F6N6O8S2. The molecule has 6 rings (SSSR count). The fourth-order valence-corrected chi connectivity index (χ4v) is 9.57. The normalized spacial score (nSPS) is 22.8. The number of aliphatic imine (C=N–C) groups is 2. The summed E-state index contributed by atoms with van der Waals surface area (Å²) in [6.45, 7) is 0. The minimum atomic E-state index is -5.39. The van der Waals surface area contributed by atoms with Crippen LogP contribution in [-0.4, -0.2) is 73.0 Å². The van der Waals surface area contributed by atoms with Crippen molar-refractivity contribution in [2.75, 3.05) is 0 Å². The van der Waals surface area contributed by atoms with Crippen molar-refractivity contribution in [2.24, 2.45) is 31.9 Å². The fraction of sp³-hybridized carbons (Fsp3) is 0.167. The molecule has 2 unspecified atom stereocenters. The summed E-state index contributed by atoms with van der Waals surface area (Å²) in [4.78, 5) is 30.0. The first kappa shape index (κ1) is 41.5. The van der Waals surface area contributed by atoms with Gasteiger partial charge in [-0.1, -0.05) is 97.1 Å². The highest BCUT2D eigenvalue weighted by Gasteiger charge is 2.55. The smallest absolute Gasteiger partial charge is 0.323 e. The van der Waals surface area contributed by atoms with Crippen LogP contribution in [0.4, 0.5) is 26.3 Å². The Morgan fingerprint density at radius 1 is 0.552 bits per heavy atom. The van der Waals surface area contributed by atoms with Gasteiger partial charge in [-0.25, -0.2) is 9.98 Å². The van der Waals surface area contributed by atoms with Crippen LogP contribution in [0.1, 0.15) is 46.2 Å². The summed E-state index contributed by atoms with van der Waals surface area (Å²) in [5.41, 5.74) is -2.91. The van der Waals surface area contributed by atoms with E-state index in [-0.39, 0.29) is 33.4 Å². The lowest BCUT2D eigenvalue weighted by Gasteiger charge is -2.38. The summed E-state index contributed by atoms with van der Waals surface area (Å²) < 4.78 is 149. The molecule has 2 aliphatic rings. The average Bonchev–Trinajstić information content (AvgIpc) is 3.16. The van der Waals surface area contributed by atoms with Gasteiger partial charge in [-0.15, -0.1) is 0 Å². The van der Waals surface area contributed by atoms with Crippen molar-refractivity contribution >= 4 is 54.9 Å². The maximum Gasteiger partial charge on any atom is 0.473 e. The van der Waals surface area contributed by atoms with Crippen molar-refractivity contribution in [3.63, 3.8) is 0 Å². The number of halogens is 6. The molecule has 0 fully saturated rings. The zero-order valence-electron chi connectivity index (χ0n) is 29.0. The van der Waals surface area contributed by atoms with Crippen LogP contribution in [0.25, 0.3) is 11.1 Å². The van der Waals surface area contributed by atoms with E-state index in [0.29, 0.717) is 11.1 Å². The van der Waals surface area contributed by atoms with Crippen molar-refractivity contribution in [3.8, 4) is 11.1 Å². The van der Waals surface area contributed by atoms with Crippen molar-refractivity contribution in [1.82, 2.24) is 0 Å². The standard InChI is InChI=1S/C36H26F6N6O8S2/c37-35(38,39)31(49)45-29-23-5-1-3-7-25(23)33(57(51,52)53,17-27(29)47-43)21-13-9-19(10-14-21)20-11-15-22(16-12-20)34(58(54,55)56)18-28(48-44)30(46-32(50)36(40,41)42)24-6-2-4-8-26(24)34/h1-16H,17-18,43-44H2,(H,51,52,53)(H,54,55,56)/b45-29?,46-30?,47-27+,48-28+. The number of nitrogens with two attached hydrogens (primary N) is 2. The SMILES string of the molecule is N/N=C1\CC(c2ccc(-c3ccc(C4(S(=O)(=O)O)C/C(=N\N)C(=NC(=O)C(F)(F)F)c5ccccc54)cc3)cc2)(S(=O)(=O)O)c2ccccc2C1=NC(=O)C(F)(F)F. The third-order valence-electron chi connectivity index (χ3n) is 9.75. The van der Waals surface area contributed by atoms with Gasteiger partial charge in [0.2, 0.25) is 0 Å². The predicted octanol–water partition coefficient (Wildman–Crippen LogP) is 4.81. The van der Waals surface area contributed by atoms with E-state index in [1.165, 1.54) is 97.1 Å². The number of alkyl halides is 6. The third kappa shape index (κ3) is 6.86. The minimum absolute atomic E-state index is 0.107. The van der Waals surface area contributed by atoms with Gasteiger partial charge < -0.3 is 11.7 Å². The molecule has 0 aliphatic heterocycles. The second-order valence-corrected chi connectivity index (χ2v) is 16.2. The quantitative estimate of drug-likeness (QED) is 0.0924. The van der Waals surface area contributed by atoms with Crippen molar-refractivity contribution in [3.05, 3.63) is 130 Å². The molecule has 0 bridgehead atoms. The van der Waals surface area contributed by atoms with E-state index in [1.54, 1.807) is 0 Å². The lowest BCUT2D eigenvalue weighted by atomic mass is 9.75. The topological polar surface area (TPSA) is 244 Å². The van der Waals surface area contributed by atoms with Crippen LogP contribution in [0.15, 0.2) is 117 Å². The molecular weight excluding hydrogens is 823 g/mol. The predicted molar refractivity (Wildman–Crippen MR) is 197 cm³/mol. The molecule has 0 radical (unpaired) electrons. The van der Waals surface area contributed by atoms with Crippen molar-refractivity contribution in [2.45, 2.75) is 34.7 Å². The van der Waals surface area contributed by atoms with Crippen LogP contribution in [0.3, 0.4) is 0 Å². The van der Waals surface area contributed by atoms with E-state index in [0.717, 1.165) is 0 Å². The zero-order chi connectivity index (χ0) is 42.6. The van der Waals surface area contributed by atoms with Gasteiger partial charge in [-0.3, -0.25) is 18.7 Å². The largest absolute Gasteiger partial charge is 0.473 e. The van der Waals surface area contributed by atoms with Gasteiger partial charge in [-0.05, 0) is 33.4 Å². The number of benzene rings is 4. The van der Waals surface area contributed by atoms with Gasteiger partial charge in [0.1, 0.15) is 0 Å². The lowest BCUT2D eigenvalue weighted by Crippen LogP contribution is -2.46. The molecule has 0 saturated heterocycles. The molecule has 2 aliphatic carbocycles. The van der Waals surface area contributed by atoms with E-state index in [9.17, 15) is 61.9 Å². The Bertz CT molecular complexity index is 2530. The van der Waals surface area contributed by atoms with E-state index < -0.39 is 89.6 Å². The monoisotopic (exact) mass is 848 g/mol. The lowest BCUT2D eigenvalue weighted by molar-refractivity contribution is -0.169. The molecule has 4 aromatic rings. The summed E-state index contributed by atoms with van der Waals surface area (Å²) >= 11 is 0. The highest BCUT2D eigenvalue weighted by atomic mass is 32.2. The van der Waals surface area contributed by atoms with Crippen LogP contribution in [0, 0.1) is 0 Å². The number of hydrogen-bond acceptors (Lipinski definition) is 10. The van der Waals surface area contributed by atoms with Crippen LogP contribution < -0.4 is 11.7 Å². The van der Waals surface area contributed by atoms with Gasteiger partial charge >= 0.3 is 24.2 Å². The second-order valence-electron chi connectivity index (χ2n) is 12.9. The molecule has 0 spiro atoms. The number of carbonyl (C=O) groups is 2. The van der Waals surface area contributed by atoms with E-state index in [4.69, 9.17) is 11.7 Å². The number of hydrogen-bond donors (Lipinski definition) is 4. The van der Waals surface area contributed by atoms with Gasteiger partial charge in [0.05, 0.1) is 22.8 Å². The minimum Gasteiger partial charge on any atom is -0.323 e. The van der Waals surface area contributed by atoms with E-state index in [2.05, 4.69) is 20.2 Å². The maximum atomic E-state index is 13.3. The van der Waals surface area contributed by atoms with Gasteiger partial charge in [0, 0.05) is 24.0 Å². The summed E-state index contributed by atoms with van der Waals surface area (Å²) in [6.07, 6.45) is -12.5. The molecule has 58 heavy (non-hydrogen) atoms. The molecule has 22 heteroatoms. The number of rotatable bonds is 5. The van der Waals surface area contributed by atoms with Crippen LogP contribution in [0.2, 0.25) is 0 Å². The fourth-order valence-electron chi connectivity index (χ4n) is 7.15. The summed E-state index contributed by atoms with van der Waals surface area (Å²) in [7, 11) is -10.4. The number of amides is 2. The average molecular weight is 849 g/mol. The number of nitrogens with zero attached hydrogens (tertiary/aromatic N) is 4. The molecule has 2 atom stereocenters. The first-order chi connectivity index (χ1) is 27.0. The number of carbonyl (C=O) groups excluding carboxylic acids is 2. The van der Waals surface area contributed by atoms with E-state index >= 15 is 0 Å². The van der Waals surface area contributed by atoms with Gasteiger partial charge in [0.25, 0.3) is 20.2 Å². The highest BCUT2D eigenvalue weighted by molar-refractivity contribution is 7.87. The Morgan fingerprint density at radius 2 is 0.862 bits per heavy atom. The molecule has 0 heterocycles. The first-order valence-electron chi connectivity index (χ1n) is 16.3. The molecule has 14 nitrogen and oxygen atoms in total. The Balaban J connectivity index is 1.45. The van der Waals surface area contributed by atoms with Gasteiger partial charge in [0.15, 0.2) is 9.49 Å². The molecule has 302 valence electrons. The summed E-state index contributed by atoms with van der Waals surface area (Å²) in [6, 6.07) is 20.9. The Morgan fingerprint density at radius 3 is 1.14 bits per heavy atom. The Hall–Kier alpha value is -6.10. The maximum absolute atomic E-state index is 13.3. The molecule has 4 aromatic carbocycles. The molecule has 0 aromatic heterocycles. The van der Waals surface area contributed by atoms with Crippen LogP contribution >= 0.6 is 0 Å². The van der Waals surface area contributed by atoms with Crippen molar-refractivity contribution < 1.29 is 61.9 Å². The molecule has 0 saturated carbocycles. The second kappa shape index (κ2) is 14.4. The summed E-state index contributed by atoms with van der Waals surface area (Å²) in [5.74, 6) is 5.94. The molecule has 2 amide bonds. The van der Waals surface area contributed by atoms with Crippen LogP contribution in [0.5, 0.6) is 0 Å². The highest BCUT2D eigenvalue weighted by Crippen LogP contribution is 2.48. The number of hydrazone groups is 2. The number of fused-ring (bicyclic) bond motifs is 2. The first-order valence-corrected chi connectivity index (χ1v) is 19.2. The van der Waals surface area contributed by atoms with Gasteiger partial charge in [-0.2, -0.15) is 53.4 Å². The third-order valence-corrected chi connectivity index (χ3v) is 12.7. The Labute approximate surface area is 324 Å². The van der Waals surface area contributed by atoms with E-state index in [1.807, 2.05) is 0 Å². The zero-order valence-corrected chi connectivity index (χ0v) is 30.7. The van der Waals surface area contributed by atoms with Crippen LogP contribution in [-0.2, 0) is 39.3 Å². The summed E-state index contributed by atoms with van der Waals surface area (Å²) in [5, 5.41) is 6.86. The Kier molecular flexibility index (Phi) is 10.3. The molecule has 6 N–H and O–H groups in total.